The van der Waals surface area contributed by atoms with Gasteiger partial charge in [0.2, 0.25) is 0 Å². The second-order valence-electron chi connectivity index (χ2n) is 5.85. The van der Waals surface area contributed by atoms with Crippen molar-refractivity contribution >= 4 is 22.1 Å². The van der Waals surface area contributed by atoms with Crippen molar-refractivity contribution in [1.29, 1.82) is 0 Å². The lowest BCUT2D eigenvalue weighted by Crippen LogP contribution is -2.07. The summed E-state index contributed by atoms with van der Waals surface area (Å²) in [7, 11) is -1.16. The number of rotatable bonds is 5. The Morgan fingerprint density at radius 3 is 2.82 bits per heavy atom. The molecule has 1 aliphatic rings. The maximum absolute atomic E-state index is 13.8. The van der Waals surface area contributed by atoms with E-state index >= 15 is 0 Å². The van der Waals surface area contributed by atoms with Crippen LogP contribution >= 0.6 is 11.3 Å². The van der Waals surface area contributed by atoms with Crippen molar-refractivity contribution in [3.8, 4) is 0 Å². The predicted molar refractivity (Wildman–Crippen MR) is 90.0 cm³/mol. The summed E-state index contributed by atoms with van der Waals surface area (Å²) in [5, 5.41) is 2.88. The molecule has 2 unspecified atom stereocenters. The monoisotopic (exact) mass is 337 g/mol. The van der Waals surface area contributed by atoms with E-state index in [1.807, 2.05) is 12.3 Å². The number of benzene rings is 1. The fraction of sp³-hybridized carbons (Fsp3) is 0.471. The largest absolute Gasteiger partial charge is 0.259 e. The highest BCUT2D eigenvalue weighted by molar-refractivity contribution is 7.84. The zero-order chi connectivity index (χ0) is 15.5. The van der Waals surface area contributed by atoms with Gasteiger partial charge in [-0.05, 0) is 25.8 Å². The molecule has 0 aliphatic heterocycles. The third-order valence-electron chi connectivity index (χ3n) is 4.30. The summed E-state index contributed by atoms with van der Waals surface area (Å²) < 4.78 is 26.3. The molecule has 1 aliphatic carbocycles. The van der Waals surface area contributed by atoms with Crippen LogP contribution in [0.2, 0.25) is 0 Å². The minimum absolute atomic E-state index is 0.284. The first-order chi connectivity index (χ1) is 10.6. The number of thiazole rings is 1. The summed E-state index contributed by atoms with van der Waals surface area (Å²) in [6.07, 6.45) is 5.02. The molecule has 2 atom stereocenters. The molecule has 1 aromatic carbocycles. The van der Waals surface area contributed by atoms with Gasteiger partial charge in [-0.3, -0.25) is 4.21 Å². The van der Waals surface area contributed by atoms with E-state index in [0.717, 1.165) is 5.69 Å². The zero-order valence-electron chi connectivity index (χ0n) is 12.6. The first-order valence-corrected chi connectivity index (χ1v) is 9.97. The summed E-state index contributed by atoms with van der Waals surface area (Å²) >= 11 is 1.68. The molecule has 2 nitrogen and oxygen atoms in total. The molecular weight excluding hydrogens is 317 g/mol. The maximum atomic E-state index is 13.8. The van der Waals surface area contributed by atoms with E-state index in [2.05, 4.69) is 4.98 Å². The first-order valence-electron chi connectivity index (χ1n) is 7.71. The Morgan fingerprint density at radius 2 is 2.09 bits per heavy atom. The zero-order valence-corrected chi connectivity index (χ0v) is 14.3. The van der Waals surface area contributed by atoms with Crippen molar-refractivity contribution in [1.82, 2.24) is 4.98 Å². The van der Waals surface area contributed by atoms with Gasteiger partial charge in [-0.1, -0.05) is 31.0 Å². The van der Waals surface area contributed by atoms with Crippen LogP contribution in [-0.2, 0) is 16.6 Å². The van der Waals surface area contributed by atoms with Gasteiger partial charge < -0.3 is 0 Å². The van der Waals surface area contributed by atoms with Gasteiger partial charge in [-0.25, -0.2) is 9.37 Å². The average Bonchev–Trinajstić information content (AvgIpc) is 3.17. The molecule has 1 aromatic heterocycles. The third kappa shape index (κ3) is 3.46. The normalized spacial score (nSPS) is 18.5. The van der Waals surface area contributed by atoms with Crippen LogP contribution in [0.4, 0.5) is 4.39 Å². The Bertz CT molecular complexity index is 664. The molecule has 0 bridgehead atoms. The first kappa shape index (κ1) is 15.8. The minimum atomic E-state index is -1.16. The Labute approximate surface area is 137 Å². The number of aromatic nitrogens is 1. The Hall–Kier alpha value is -1.07. The van der Waals surface area contributed by atoms with Gasteiger partial charge in [0.25, 0.3) is 0 Å². The number of nitrogens with zero attached hydrogens (tertiary/aromatic N) is 1. The van der Waals surface area contributed by atoms with E-state index in [9.17, 15) is 8.60 Å². The molecule has 0 saturated heterocycles. The molecule has 0 spiro atoms. The average molecular weight is 337 g/mol. The molecule has 1 saturated carbocycles. The van der Waals surface area contributed by atoms with Crippen molar-refractivity contribution in [3.05, 3.63) is 51.7 Å². The summed E-state index contributed by atoms with van der Waals surface area (Å²) in [4.78, 5) is 4.66. The fourth-order valence-corrected chi connectivity index (χ4v) is 5.23. The van der Waals surface area contributed by atoms with Crippen LogP contribution in [0.1, 0.15) is 60.0 Å². The van der Waals surface area contributed by atoms with Gasteiger partial charge in [-0.2, -0.15) is 0 Å². The van der Waals surface area contributed by atoms with Gasteiger partial charge in [0.15, 0.2) is 0 Å². The number of hydrogen-bond donors (Lipinski definition) is 0. The van der Waals surface area contributed by atoms with Gasteiger partial charge in [0, 0.05) is 27.7 Å². The molecule has 118 valence electrons. The Kier molecular flexibility index (Phi) is 5.03. The summed E-state index contributed by atoms with van der Waals surface area (Å²) in [6.45, 7) is 1.82. The summed E-state index contributed by atoms with van der Waals surface area (Å²) in [5.41, 5.74) is 1.40. The summed E-state index contributed by atoms with van der Waals surface area (Å²) in [6, 6.07) is 6.57. The second kappa shape index (κ2) is 7.01. The van der Waals surface area contributed by atoms with Gasteiger partial charge in [-0.15, -0.1) is 11.3 Å². The SMILES string of the molecule is CC(c1ccccc1F)S(=O)Cc1csc(C2CCCC2)n1. The van der Waals surface area contributed by atoms with Crippen LogP contribution in [0.15, 0.2) is 29.6 Å². The van der Waals surface area contributed by atoms with Crippen LogP contribution in [0.3, 0.4) is 0 Å². The molecule has 1 fully saturated rings. The Morgan fingerprint density at radius 1 is 1.36 bits per heavy atom. The highest BCUT2D eigenvalue weighted by Crippen LogP contribution is 2.36. The van der Waals surface area contributed by atoms with Gasteiger partial charge in [0.05, 0.1) is 21.7 Å². The van der Waals surface area contributed by atoms with E-state index in [0.29, 0.717) is 17.2 Å². The molecule has 0 N–H and O–H groups in total. The topological polar surface area (TPSA) is 30.0 Å². The van der Waals surface area contributed by atoms with Crippen LogP contribution < -0.4 is 0 Å². The van der Waals surface area contributed by atoms with Crippen molar-refractivity contribution in [3.63, 3.8) is 0 Å². The van der Waals surface area contributed by atoms with E-state index < -0.39 is 10.8 Å². The number of halogens is 1. The standard InChI is InChI=1S/C17H20FNOS2/c1-12(15-8-4-5-9-16(15)18)22(20)11-14-10-21-17(19-14)13-6-2-3-7-13/h4-5,8-10,12-13H,2-3,6-7,11H2,1H3. The number of hydrogen-bond acceptors (Lipinski definition) is 3. The fourth-order valence-electron chi connectivity index (χ4n) is 2.97. The second-order valence-corrected chi connectivity index (χ2v) is 8.49. The van der Waals surface area contributed by atoms with Gasteiger partial charge in [0.1, 0.15) is 5.82 Å². The lowest BCUT2D eigenvalue weighted by Gasteiger charge is -2.12. The molecule has 3 rings (SSSR count). The summed E-state index contributed by atoms with van der Waals surface area (Å²) in [5.74, 6) is 0.711. The highest BCUT2D eigenvalue weighted by Gasteiger charge is 2.22. The molecular formula is C17H20FNOS2. The van der Waals surface area contributed by atoms with Crippen molar-refractivity contribution in [2.75, 3.05) is 0 Å². The molecule has 2 aromatic rings. The van der Waals surface area contributed by atoms with Crippen LogP contribution in [0, 0.1) is 5.82 Å². The lowest BCUT2D eigenvalue weighted by atomic mass is 10.1. The van der Waals surface area contributed by atoms with Crippen molar-refractivity contribution < 1.29 is 8.60 Å². The van der Waals surface area contributed by atoms with E-state index in [1.165, 1.54) is 36.8 Å². The quantitative estimate of drug-likeness (QED) is 0.772. The van der Waals surface area contributed by atoms with Crippen LogP contribution in [0.5, 0.6) is 0 Å². The van der Waals surface area contributed by atoms with Crippen molar-refractivity contribution in [2.45, 2.75) is 49.5 Å². The van der Waals surface area contributed by atoms with Crippen LogP contribution in [-0.4, -0.2) is 9.19 Å². The highest BCUT2D eigenvalue weighted by atomic mass is 32.2. The molecule has 1 heterocycles. The third-order valence-corrected chi connectivity index (χ3v) is 6.98. The maximum Gasteiger partial charge on any atom is 0.127 e. The van der Waals surface area contributed by atoms with Crippen LogP contribution in [0.25, 0.3) is 0 Å². The smallest absolute Gasteiger partial charge is 0.127 e. The van der Waals surface area contributed by atoms with E-state index in [4.69, 9.17) is 0 Å². The van der Waals surface area contributed by atoms with Crippen molar-refractivity contribution in [2.24, 2.45) is 0 Å². The van der Waals surface area contributed by atoms with Gasteiger partial charge >= 0.3 is 0 Å². The van der Waals surface area contributed by atoms with E-state index in [1.54, 1.807) is 29.5 Å². The molecule has 22 heavy (non-hydrogen) atoms. The molecule has 0 amide bonds. The molecule has 0 radical (unpaired) electrons. The lowest BCUT2D eigenvalue weighted by molar-refractivity contribution is 0.606. The molecule has 5 heteroatoms. The predicted octanol–water partition coefficient (Wildman–Crippen LogP) is 4.95. The minimum Gasteiger partial charge on any atom is -0.259 e. The van der Waals surface area contributed by atoms with E-state index in [-0.39, 0.29) is 11.1 Å². The Balaban J connectivity index is 1.67.